The molecule has 1 aromatic heterocycles. The lowest BCUT2D eigenvalue weighted by Gasteiger charge is -2.45. The lowest BCUT2D eigenvalue weighted by molar-refractivity contribution is -0.144. The van der Waals surface area contributed by atoms with Crippen molar-refractivity contribution >= 4 is 27.3 Å². The summed E-state index contributed by atoms with van der Waals surface area (Å²) < 4.78 is 27.3. The van der Waals surface area contributed by atoms with E-state index in [-0.39, 0.29) is 10.3 Å². The van der Waals surface area contributed by atoms with Gasteiger partial charge in [0.2, 0.25) is 0 Å². The summed E-state index contributed by atoms with van der Waals surface area (Å²) in [6.45, 7) is 0. The topological polar surface area (TPSA) is 74.7 Å². The molecule has 116 valence electrons. The van der Waals surface area contributed by atoms with Crippen LogP contribution in [0.2, 0.25) is 0 Å². The lowest BCUT2D eigenvalue weighted by Crippen LogP contribution is -2.57. The number of sulfonamides is 1. The van der Waals surface area contributed by atoms with E-state index in [4.69, 9.17) is 0 Å². The Labute approximate surface area is 128 Å². The number of carbonyl (C=O) groups is 1. The van der Waals surface area contributed by atoms with E-state index in [9.17, 15) is 18.3 Å². The minimum atomic E-state index is -3.71. The second kappa shape index (κ2) is 5.70. The highest BCUT2D eigenvalue weighted by atomic mass is 32.2. The number of aliphatic carboxylic acids is 1. The van der Waals surface area contributed by atoms with E-state index >= 15 is 0 Å². The third-order valence-electron chi connectivity index (χ3n) is 4.63. The minimum Gasteiger partial charge on any atom is -0.480 e. The minimum absolute atomic E-state index is 0.152. The normalized spacial score (nSPS) is 30.8. The summed E-state index contributed by atoms with van der Waals surface area (Å²) in [4.78, 5) is 11.6. The maximum absolute atomic E-state index is 12.9. The maximum atomic E-state index is 12.9. The van der Waals surface area contributed by atoms with Gasteiger partial charge in [0.1, 0.15) is 10.3 Å². The molecule has 2 aliphatic rings. The Balaban J connectivity index is 2.02. The van der Waals surface area contributed by atoms with Crippen LogP contribution in [0.5, 0.6) is 0 Å². The van der Waals surface area contributed by atoms with Gasteiger partial charge in [-0.3, -0.25) is 4.79 Å². The van der Waals surface area contributed by atoms with Crippen molar-refractivity contribution in [3.63, 3.8) is 0 Å². The molecule has 3 atom stereocenters. The highest BCUT2D eigenvalue weighted by Crippen LogP contribution is 2.41. The Kier molecular flexibility index (Phi) is 4.07. The highest BCUT2D eigenvalue weighted by molar-refractivity contribution is 7.91. The number of nitrogens with zero attached hydrogens (tertiary/aromatic N) is 1. The zero-order valence-corrected chi connectivity index (χ0v) is 13.3. The lowest BCUT2D eigenvalue weighted by atomic mass is 9.78. The number of rotatable bonds is 3. The first-order valence-electron chi connectivity index (χ1n) is 7.31. The summed E-state index contributed by atoms with van der Waals surface area (Å²) in [6.07, 6.45) is 5.11. The monoisotopic (exact) mass is 329 g/mol. The number of thiophene rings is 1. The van der Waals surface area contributed by atoms with Crippen molar-refractivity contribution in [2.45, 2.75) is 54.8 Å². The first kappa shape index (κ1) is 15.0. The van der Waals surface area contributed by atoms with Crippen molar-refractivity contribution in [1.82, 2.24) is 4.31 Å². The Morgan fingerprint density at radius 2 is 2.00 bits per heavy atom. The molecule has 1 saturated carbocycles. The van der Waals surface area contributed by atoms with Gasteiger partial charge in [-0.25, -0.2) is 8.42 Å². The van der Waals surface area contributed by atoms with E-state index < -0.39 is 22.0 Å². The van der Waals surface area contributed by atoms with Crippen LogP contribution >= 0.6 is 11.3 Å². The fourth-order valence-electron chi connectivity index (χ4n) is 3.68. The molecule has 1 aliphatic heterocycles. The molecular formula is C14H19NO4S2. The third kappa shape index (κ3) is 2.62. The summed E-state index contributed by atoms with van der Waals surface area (Å²) in [5.41, 5.74) is 0. The SMILES string of the molecule is O=C(O)C1CCC2CCCCC2N1S(=O)(=O)c1cccs1. The molecule has 2 fully saturated rings. The molecule has 5 nitrogen and oxygen atoms in total. The van der Waals surface area contributed by atoms with Gasteiger partial charge in [0, 0.05) is 6.04 Å². The molecule has 1 N–H and O–H groups in total. The Morgan fingerprint density at radius 1 is 1.24 bits per heavy atom. The summed E-state index contributed by atoms with van der Waals surface area (Å²) in [5.74, 6) is -0.719. The molecule has 0 radical (unpaired) electrons. The zero-order chi connectivity index (χ0) is 15.0. The molecule has 3 unspecified atom stereocenters. The second-order valence-corrected chi connectivity index (χ2v) is 8.83. The zero-order valence-electron chi connectivity index (χ0n) is 11.6. The van der Waals surface area contributed by atoms with E-state index in [2.05, 4.69) is 0 Å². The van der Waals surface area contributed by atoms with Crippen LogP contribution in [0.15, 0.2) is 21.7 Å². The molecule has 21 heavy (non-hydrogen) atoms. The Bertz CT molecular complexity index is 611. The van der Waals surface area contributed by atoms with Crippen molar-refractivity contribution in [1.29, 1.82) is 0 Å². The van der Waals surface area contributed by atoms with Gasteiger partial charge >= 0.3 is 5.97 Å². The predicted octanol–water partition coefficient (Wildman–Crippen LogP) is 2.54. The van der Waals surface area contributed by atoms with Crippen LogP contribution in [0.25, 0.3) is 0 Å². The first-order valence-corrected chi connectivity index (χ1v) is 9.63. The largest absolute Gasteiger partial charge is 0.480 e. The summed E-state index contributed by atoms with van der Waals surface area (Å²) >= 11 is 1.15. The molecule has 0 spiro atoms. The number of carboxylic acid groups (broad SMARTS) is 1. The van der Waals surface area contributed by atoms with Crippen LogP contribution in [0.4, 0.5) is 0 Å². The van der Waals surface area contributed by atoms with Crippen LogP contribution < -0.4 is 0 Å². The molecule has 0 bridgehead atoms. The summed E-state index contributed by atoms with van der Waals surface area (Å²) in [7, 11) is -3.71. The average Bonchev–Trinajstić information content (AvgIpc) is 3.00. The van der Waals surface area contributed by atoms with Gasteiger partial charge in [0.05, 0.1) is 0 Å². The summed E-state index contributed by atoms with van der Waals surface area (Å²) in [5, 5.41) is 11.2. The van der Waals surface area contributed by atoms with Gasteiger partial charge in [-0.15, -0.1) is 11.3 Å². The molecule has 0 aromatic carbocycles. The van der Waals surface area contributed by atoms with Crippen LogP contribution in [-0.4, -0.2) is 35.9 Å². The molecule has 7 heteroatoms. The van der Waals surface area contributed by atoms with E-state index in [0.29, 0.717) is 12.3 Å². The van der Waals surface area contributed by atoms with Crippen LogP contribution in [-0.2, 0) is 14.8 Å². The first-order chi connectivity index (χ1) is 10.0. The van der Waals surface area contributed by atoms with Crippen molar-refractivity contribution in [3.05, 3.63) is 17.5 Å². The van der Waals surface area contributed by atoms with Crippen molar-refractivity contribution in [2.75, 3.05) is 0 Å². The molecule has 3 rings (SSSR count). The van der Waals surface area contributed by atoms with E-state index in [0.717, 1.165) is 43.4 Å². The molecular weight excluding hydrogens is 310 g/mol. The van der Waals surface area contributed by atoms with E-state index in [1.807, 2.05) is 0 Å². The fraction of sp³-hybridized carbons (Fsp3) is 0.643. The number of hydrogen-bond acceptors (Lipinski definition) is 4. The quantitative estimate of drug-likeness (QED) is 0.925. The second-order valence-electron chi connectivity index (χ2n) is 5.81. The van der Waals surface area contributed by atoms with Crippen LogP contribution in [0, 0.1) is 5.92 Å². The average molecular weight is 329 g/mol. The summed E-state index contributed by atoms with van der Waals surface area (Å²) in [6, 6.07) is 2.18. The maximum Gasteiger partial charge on any atom is 0.322 e. The van der Waals surface area contributed by atoms with Gasteiger partial charge in [0.15, 0.2) is 0 Å². The van der Waals surface area contributed by atoms with Gasteiger partial charge < -0.3 is 5.11 Å². The smallest absolute Gasteiger partial charge is 0.322 e. The van der Waals surface area contributed by atoms with Gasteiger partial charge in [-0.1, -0.05) is 18.9 Å². The van der Waals surface area contributed by atoms with E-state index in [1.54, 1.807) is 17.5 Å². The highest BCUT2D eigenvalue weighted by Gasteiger charge is 2.47. The molecule has 1 saturated heterocycles. The van der Waals surface area contributed by atoms with Crippen molar-refractivity contribution in [2.24, 2.45) is 5.92 Å². The van der Waals surface area contributed by atoms with Crippen LogP contribution in [0.3, 0.4) is 0 Å². The van der Waals surface area contributed by atoms with E-state index in [1.165, 1.54) is 4.31 Å². The number of piperidine rings is 1. The van der Waals surface area contributed by atoms with Crippen molar-refractivity contribution < 1.29 is 18.3 Å². The number of fused-ring (bicyclic) bond motifs is 1. The Morgan fingerprint density at radius 3 is 2.67 bits per heavy atom. The fourth-order valence-corrected chi connectivity index (χ4v) is 6.67. The molecule has 1 aromatic rings. The van der Waals surface area contributed by atoms with Gasteiger partial charge in [-0.2, -0.15) is 4.31 Å². The molecule has 1 aliphatic carbocycles. The predicted molar refractivity (Wildman–Crippen MR) is 79.7 cm³/mol. The van der Waals surface area contributed by atoms with Crippen LogP contribution in [0.1, 0.15) is 38.5 Å². The molecule has 2 heterocycles. The van der Waals surface area contributed by atoms with Gasteiger partial charge in [-0.05, 0) is 43.0 Å². The Hall–Kier alpha value is -0.920. The standard InChI is InChI=1S/C14H19NO4S2/c16-14(17)12-8-7-10-4-1-2-5-11(10)15(12)21(18,19)13-6-3-9-20-13/h3,6,9-12H,1-2,4-5,7-8H2,(H,16,17). The van der Waals surface area contributed by atoms with Crippen molar-refractivity contribution in [3.8, 4) is 0 Å². The van der Waals surface area contributed by atoms with Gasteiger partial charge in [0.25, 0.3) is 10.0 Å². The molecule has 0 amide bonds. The number of carboxylic acids is 1. The number of hydrogen-bond donors (Lipinski definition) is 1. The third-order valence-corrected chi connectivity index (χ3v) is 7.93.